The van der Waals surface area contributed by atoms with E-state index in [1.807, 2.05) is 24.3 Å². The molecule has 11 heteroatoms. The summed E-state index contributed by atoms with van der Waals surface area (Å²) in [6, 6.07) is 10.8. The first-order chi connectivity index (χ1) is 18.7. The van der Waals surface area contributed by atoms with E-state index < -0.39 is 29.7 Å². The second-order valence-electron chi connectivity index (χ2n) is 10.1. The molecule has 0 aliphatic carbocycles. The summed E-state index contributed by atoms with van der Waals surface area (Å²) in [4.78, 5) is 44.7. The first-order valence-corrected chi connectivity index (χ1v) is 13.0. The third kappa shape index (κ3) is 5.23. The molecule has 0 radical (unpaired) electrons. The Morgan fingerprint density at radius 3 is 2.59 bits per heavy atom. The molecule has 206 valence electrons. The van der Waals surface area contributed by atoms with Gasteiger partial charge in [0.2, 0.25) is 17.7 Å². The number of nitrogens with zero attached hydrogens (tertiary/aromatic N) is 2. The van der Waals surface area contributed by atoms with Crippen LogP contribution in [0.2, 0.25) is 0 Å². The van der Waals surface area contributed by atoms with E-state index in [-0.39, 0.29) is 31.2 Å². The molecule has 5 rings (SSSR count). The summed E-state index contributed by atoms with van der Waals surface area (Å²) < 4.78 is 40.8. The van der Waals surface area contributed by atoms with Crippen LogP contribution in [-0.4, -0.2) is 56.8 Å². The van der Waals surface area contributed by atoms with Crippen LogP contribution < -0.4 is 5.48 Å². The highest BCUT2D eigenvalue weighted by Crippen LogP contribution is 2.43. The summed E-state index contributed by atoms with van der Waals surface area (Å²) in [5, 5.41) is 9.45. The van der Waals surface area contributed by atoms with Crippen LogP contribution in [0, 0.1) is 0 Å². The van der Waals surface area contributed by atoms with Gasteiger partial charge in [-0.3, -0.25) is 19.6 Å². The molecule has 39 heavy (non-hydrogen) atoms. The van der Waals surface area contributed by atoms with Gasteiger partial charge in [-0.15, -0.1) is 0 Å². The molecular formula is C28H29F3N4O4. The van der Waals surface area contributed by atoms with Gasteiger partial charge in [-0.05, 0) is 42.2 Å². The number of carbonyl (C=O) groups is 3. The minimum absolute atomic E-state index is 0.146. The molecule has 0 spiro atoms. The van der Waals surface area contributed by atoms with Gasteiger partial charge in [0, 0.05) is 36.0 Å². The van der Waals surface area contributed by atoms with Crippen LogP contribution in [0.1, 0.15) is 60.5 Å². The number of hydroxylamine groups is 1. The van der Waals surface area contributed by atoms with Crippen LogP contribution in [0.4, 0.5) is 13.2 Å². The summed E-state index contributed by atoms with van der Waals surface area (Å²) in [6.45, 7) is 0.226. The van der Waals surface area contributed by atoms with Crippen molar-refractivity contribution in [2.75, 3.05) is 13.1 Å². The smallest absolute Gasteiger partial charge is 0.356 e. The zero-order chi connectivity index (χ0) is 27.7. The molecule has 1 aromatic heterocycles. The van der Waals surface area contributed by atoms with Crippen molar-refractivity contribution < 1.29 is 32.8 Å². The molecule has 2 aromatic carbocycles. The zero-order valence-corrected chi connectivity index (χ0v) is 21.1. The van der Waals surface area contributed by atoms with Crippen LogP contribution in [0.5, 0.6) is 0 Å². The number of amides is 3. The minimum Gasteiger partial charge on any atom is -0.356 e. The average molecular weight is 543 g/mol. The molecule has 1 fully saturated rings. The molecule has 8 nitrogen and oxygen atoms in total. The van der Waals surface area contributed by atoms with Crippen molar-refractivity contribution in [3.05, 3.63) is 70.9 Å². The summed E-state index contributed by atoms with van der Waals surface area (Å²) >= 11 is 0. The lowest BCUT2D eigenvalue weighted by molar-refractivity contribution is -0.158. The average Bonchev–Trinajstić information content (AvgIpc) is 3.29. The van der Waals surface area contributed by atoms with Crippen molar-refractivity contribution in [1.82, 2.24) is 20.3 Å². The number of hydrogen-bond acceptors (Lipinski definition) is 4. The molecule has 3 aromatic rings. The Labute approximate surface area is 222 Å². The minimum atomic E-state index is -4.55. The Bertz CT molecular complexity index is 1400. The molecule has 3 N–H and O–H groups in total. The highest BCUT2D eigenvalue weighted by Gasteiger charge is 2.48. The van der Waals surface area contributed by atoms with Crippen LogP contribution in [0.25, 0.3) is 10.9 Å². The number of H-pyrrole nitrogens is 1. The molecule has 0 saturated carbocycles. The number of hydrogen-bond donors (Lipinski definition) is 3. The normalized spacial score (nSPS) is 19.3. The number of halogens is 3. The molecule has 0 bridgehead atoms. The van der Waals surface area contributed by atoms with Gasteiger partial charge in [0.05, 0.1) is 18.2 Å². The Balaban J connectivity index is 1.43. The van der Waals surface area contributed by atoms with Crippen LogP contribution in [0.3, 0.4) is 0 Å². The van der Waals surface area contributed by atoms with Crippen molar-refractivity contribution in [3.8, 4) is 0 Å². The third-order valence-corrected chi connectivity index (χ3v) is 7.58. The van der Waals surface area contributed by atoms with E-state index in [1.165, 1.54) is 15.9 Å². The van der Waals surface area contributed by atoms with Crippen molar-refractivity contribution in [1.29, 1.82) is 0 Å². The van der Waals surface area contributed by atoms with Gasteiger partial charge in [-0.2, -0.15) is 13.2 Å². The number of para-hydroxylation sites is 1. The molecular weight excluding hydrogens is 513 g/mol. The van der Waals surface area contributed by atoms with Gasteiger partial charge in [0.25, 0.3) is 0 Å². The largest absolute Gasteiger partial charge is 0.416 e. The van der Waals surface area contributed by atoms with Crippen LogP contribution in [0.15, 0.2) is 48.5 Å². The molecule has 2 aliphatic heterocycles. The second kappa shape index (κ2) is 10.7. The lowest BCUT2D eigenvalue weighted by Crippen LogP contribution is -2.63. The molecule has 1 saturated heterocycles. The molecule has 3 amide bonds. The summed E-state index contributed by atoms with van der Waals surface area (Å²) in [5.74, 6) is -0.982. The number of aromatic amines is 1. The fourth-order valence-electron chi connectivity index (χ4n) is 5.74. The fraction of sp³-hybridized carbons (Fsp3) is 0.393. The van der Waals surface area contributed by atoms with Crippen molar-refractivity contribution in [2.45, 2.75) is 56.8 Å². The van der Waals surface area contributed by atoms with Gasteiger partial charge in [0.1, 0.15) is 6.04 Å². The first kappa shape index (κ1) is 26.7. The number of benzene rings is 2. The highest BCUT2D eigenvalue weighted by molar-refractivity contribution is 5.97. The van der Waals surface area contributed by atoms with Gasteiger partial charge < -0.3 is 14.8 Å². The van der Waals surface area contributed by atoms with Crippen molar-refractivity contribution in [2.24, 2.45) is 0 Å². The number of rotatable bonds is 8. The summed E-state index contributed by atoms with van der Waals surface area (Å²) in [7, 11) is 0. The topological polar surface area (TPSA) is 106 Å². The SMILES string of the molecule is O=C(CCCCCCN1CC(=O)N2[C@@H](c3cccc(C(F)(F)F)c3)c3[nH]c4ccccc4c3C[C@H]2C1=O)NO. The monoisotopic (exact) mass is 542 g/mol. The molecule has 3 heterocycles. The maximum absolute atomic E-state index is 13.7. The lowest BCUT2D eigenvalue weighted by atomic mass is 9.85. The Morgan fingerprint density at radius 2 is 1.82 bits per heavy atom. The van der Waals surface area contributed by atoms with Crippen molar-refractivity contribution >= 4 is 28.6 Å². The maximum Gasteiger partial charge on any atom is 0.416 e. The van der Waals surface area contributed by atoms with Crippen LogP contribution in [-0.2, 0) is 27.0 Å². The lowest BCUT2D eigenvalue weighted by Gasteiger charge is -2.47. The number of fused-ring (bicyclic) bond motifs is 4. The fourth-order valence-corrected chi connectivity index (χ4v) is 5.74. The van der Waals surface area contributed by atoms with Gasteiger partial charge in [-0.25, -0.2) is 5.48 Å². The number of nitrogens with one attached hydrogen (secondary N) is 2. The molecule has 0 unspecified atom stereocenters. The van der Waals surface area contributed by atoms with Gasteiger partial charge in [0.15, 0.2) is 0 Å². The maximum atomic E-state index is 13.7. The standard InChI is InChI=1S/C28H29F3N4O4/c29-28(30,31)18-9-7-8-17(14-18)26-25-20(19-10-4-5-11-21(19)32-25)15-22-27(38)34(16-24(37)35(22)26)13-6-2-1-3-12-23(36)33-39/h4-5,7-11,14,22,26,32,39H,1-3,6,12-13,15-16H2,(H,33,36)/t22-,26-/m0/s1. The number of carbonyl (C=O) groups excluding carboxylic acids is 3. The number of piperazine rings is 1. The van der Waals surface area contributed by atoms with E-state index in [1.54, 1.807) is 11.5 Å². The number of alkyl halides is 3. The van der Waals surface area contributed by atoms with Gasteiger partial charge in [-0.1, -0.05) is 43.2 Å². The molecule has 2 aliphatic rings. The summed E-state index contributed by atoms with van der Waals surface area (Å²) in [6.07, 6.45) is -1.36. The highest BCUT2D eigenvalue weighted by atomic mass is 19.4. The Hall–Kier alpha value is -3.86. The predicted octanol–water partition coefficient (Wildman–Crippen LogP) is 4.33. The van der Waals surface area contributed by atoms with E-state index in [0.29, 0.717) is 30.6 Å². The second-order valence-corrected chi connectivity index (χ2v) is 10.1. The van der Waals surface area contributed by atoms with Gasteiger partial charge >= 0.3 is 6.18 Å². The van der Waals surface area contributed by atoms with E-state index in [9.17, 15) is 27.6 Å². The number of aromatic nitrogens is 1. The van der Waals surface area contributed by atoms with Crippen molar-refractivity contribution in [3.63, 3.8) is 0 Å². The van der Waals surface area contributed by atoms with E-state index >= 15 is 0 Å². The van der Waals surface area contributed by atoms with E-state index in [4.69, 9.17) is 5.21 Å². The van der Waals surface area contributed by atoms with E-state index in [0.717, 1.165) is 41.4 Å². The third-order valence-electron chi connectivity index (χ3n) is 7.58. The van der Waals surface area contributed by atoms with Crippen LogP contribution >= 0.6 is 0 Å². The first-order valence-electron chi connectivity index (χ1n) is 13.0. The molecule has 2 atom stereocenters. The van der Waals surface area contributed by atoms with E-state index in [2.05, 4.69) is 4.98 Å². The zero-order valence-electron chi connectivity index (χ0n) is 21.1. The Kier molecular flexibility index (Phi) is 7.35. The quantitative estimate of drug-likeness (QED) is 0.224. The predicted molar refractivity (Wildman–Crippen MR) is 136 cm³/mol. The number of unbranched alkanes of at least 4 members (excludes halogenated alkanes) is 3. The Morgan fingerprint density at radius 1 is 1.05 bits per heavy atom. The summed E-state index contributed by atoms with van der Waals surface area (Å²) in [5.41, 5.74) is 3.34.